The summed E-state index contributed by atoms with van der Waals surface area (Å²) in [5.74, 6) is -1.03. The molecule has 0 heterocycles. The number of urea groups is 1. The molecular weight excluding hydrogens is 222 g/mol. The zero-order valence-corrected chi connectivity index (χ0v) is 10.7. The first-order valence-electron chi connectivity index (χ1n) is 5.36. The molecule has 0 aliphatic carbocycles. The van der Waals surface area contributed by atoms with Crippen molar-refractivity contribution in [3.8, 4) is 0 Å². The molecule has 0 aliphatic rings. The Bertz CT molecular complexity index is 279. The van der Waals surface area contributed by atoms with Gasteiger partial charge in [-0.25, -0.2) is 4.79 Å². The summed E-state index contributed by atoms with van der Waals surface area (Å²) in [6, 6.07) is -0.297. The number of hydrogen-bond donors (Lipinski definition) is 1. The Morgan fingerprint density at radius 1 is 1.24 bits per heavy atom. The standard InChI is InChI=1S/C11H21N3O3/c1-5-6-14(9-10(15)16)11(17)13(4)8-7-12(2)3/h5H,1,6-9H2,2-4H3,(H,15,16). The highest BCUT2D eigenvalue weighted by Gasteiger charge is 2.18. The Hall–Kier alpha value is -1.56. The quantitative estimate of drug-likeness (QED) is 0.648. The van der Waals surface area contributed by atoms with E-state index in [1.807, 2.05) is 19.0 Å². The van der Waals surface area contributed by atoms with Gasteiger partial charge in [0.15, 0.2) is 0 Å². The molecule has 1 N–H and O–H groups in total. The van der Waals surface area contributed by atoms with Crippen molar-refractivity contribution in [2.45, 2.75) is 0 Å². The zero-order chi connectivity index (χ0) is 13.4. The normalized spacial score (nSPS) is 10.1. The van der Waals surface area contributed by atoms with E-state index in [0.29, 0.717) is 6.54 Å². The minimum atomic E-state index is -1.03. The molecule has 6 heteroatoms. The minimum Gasteiger partial charge on any atom is -0.480 e. The van der Waals surface area contributed by atoms with Gasteiger partial charge in [-0.15, -0.1) is 6.58 Å². The van der Waals surface area contributed by atoms with E-state index in [4.69, 9.17) is 5.11 Å². The van der Waals surface area contributed by atoms with Crippen molar-refractivity contribution < 1.29 is 14.7 Å². The number of rotatable bonds is 7. The molecule has 0 unspecified atom stereocenters. The Morgan fingerprint density at radius 2 is 1.82 bits per heavy atom. The highest BCUT2D eigenvalue weighted by atomic mass is 16.4. The first-order chi connectivity index (χ1) is 7.88. The van der Waals surface area contributed by atoms with E-state index in [0.717, 1.165) is 6.54 Å². The van der Waals surface area contributed by atoms with E-state index in [9.17, 15) is 9.59 Å². The van der Waals surface area contributed by atoms with Gasteiger partial charge in [0.1, 0.15) is 6.54 Å². The van der Waals surface area contributed by atoms with Crippen molar-refractivity contribution in [1.29, 1.82) is 0 Å². The first kappa shape index (κ1) is 15.4. The molecule has 0 aromatic rings. The molecular formula is C11H21N3O3. The smallest absolute Gasteiger partial charge is 0.323 e. The van der Waals surface area contributed by atoms with Crippen molar-refractivity contribution in [1.82, 2.24) is 14.7 Å². The third-order valence-corrected chi connectivity index (χ3v) is 2.16. The van der Waals surface area contributed by atoms with E-state index in [-0.39, 0.29) is 19.1 Å². The number of likely N-dealkylation sites (N-methyl/N-ethyl adjacent to an activating group) is 2. The maximum atomic E-state index is 11.9. The second kappa shape index (κ2) is 7.67. The lowest BCUT2D eigenvalue weighted by Crippen LogP contribution is -2.45. The molecule has 17 heavy (non-hydrogen) atoms. The lowest BCUT2D eigenvalue weighted by Gasteiger charge is -2.26. The molecule has 0 spiro atoms. The third kappa shape index (κ3) is 6.57. The Balaban J connectivity index is 4.37. The lowest BCUT2D eigenvalue weighted by atomic mass is 10.4. The van der Waals surface area contributed by atoms with E-state index in [1.165, 1.54) is 15.9 Å². The molecule has 0 aliphatic heterocycles. The van der Waals surface area contributed by atoms with Gasteiger partial charge < -0.3 is 19.8 Å². The fraction of sp³-hybridized carbons (Fsp3) is 0.636. The summed E-state index contributed by atoms with van der Waals surface area (Å²) in [7, 11) is 5.48. The number of carboxylic acids is 1. The van der Waals surface area contributed by atoms with Crippen LogP contribution in [0.1, 0.15) is 0 Å². The summed E-state index contributed by atoms with van der Waals surface area (Å²) < 4.78 is 0. The number of carboxylic acid groups (broad SMARTS) is 1. The predicted molar refractivity (Wildman–Crippen MR) is 66.0 cm³/mol. The van der Waals surface area contributed by atoms with Gasteiger partial charge >= 0.3 is 12.0 Å². The maximum absolute atomic E-state index is 11.9. The number of aliphatic carboxylic acids is 1. The highest BCUT2D eigenvalue weighted by Crippen LogP contribution is 1.97. The van der Waals surface area contributed by atoms with E-state index in [2.05, 4.69) is 6.58 Å². The fourth-order valence-electron chi connectivity index (χ4n) is 1.22. The van der Waals surface area contributed by atoms with Crippen LogP contribution < -0.4 is 0 Å². The van der Waals surface area contributed by atoms with Crippen molar-refractivity contribution >= 4 is 12.0 Å². The molecule has 0 aromatic carbocycles. The van der Waals surface area contributed by atoms with E-state index >= 15 is 0 Å². The SMILES string of the molecule is C=CCN(CC(=O)O)C(=O)N(C)CCN(C)C. The second-order valence-electron chi connectivity index (χ2n) is 4.07. The average Bonchev–Trinajstić information content (AvgIpc) is 2.23. The molecule has 0 saturated heterocycles. The van der Waals surface area contributed by atoms with Gasteiger partial charge in [-0.05, 0) is 14.1 Å². The van der Waals surface area contributed by atoms with Crippen LogP contribution in [0.3, 0.4) is 0 Å². The topological polar surface area (TPSA) is 64.1 Å². The van der Waals surface area contributed by atoms with Gasteiger partial charge in [0.05, 0.1) is 0 Å². The molecule has 0 rings (SSSR count). The van der Waals surface area contributed by atoms with Crippen LogP contribution in [0, 0.1) is 0 Å². The molecule has 98 valence electrons. The van der Waals surface area contributed by atoms with Gasteiger partial charge in [0.25, 0.3) is 0 Å². The van der Waals surface area contributed by atoms with E-state index < -0.39 is 5.97 Å². The van der Waals surface area contributed by atoms with Crippen LogP contribution in [0.5, 0.6) is 0 Å². The van der Waals surface area contributed by atoms with E-state index in [1.54, 1.807) is 7.05 Å². The van der Waals surface area contributed by atoms with Crippen LogP contribution in [-0.4, -0.2) is 79.1 Å². The molecule has 0 bridgehead atoms. The van der Waals surface area contributed by atoms with Gasteiger partial charge in [-0.2, -0.15) is 0 Å². The molecule has 0 saturated carbocycles. The molecule has 2 amide bonds. The Labute approximate surface area is 102 Å². The Morgan fingerprint density at radius 3 is 2.24 bits per heavy atom. The van der Waals surface area contributed by atoms with Gasteiger partial charge in [-0.1, -0.05) is 6.08 Å². The van der Waals surface area contributed by atoms with Crippen LogP contribution in [0.2, 0.25) is 0 Å². The van der Waals surface area contributed by atoms with Crippen LogP contribution in [0.25, 0.3) is 0 Å². The van der Waals surface area contributed by atoms with Crippen molar-refractivity contribution in [3.63, 3.8) is 0 Å². The number of carbonyl (C=O) groups is 2. The van der Waals surface area contributed by atoms with Crippen molar-refractivity contribution in [2.24, 2.45) is 0 Å². The highest BCUT2D eigenvalue weighted by molar-refractivity contribution is 5.80. The number of nitrogens with zero attached hydrogens (tertiary/aromatic N) is 3. The summed E-state index contributed by atoms with van der Waals surface area (Å²) in [6.45, 7) is 4.72. The largest absolute Gasteiger partial charge is 0.480 e. The van der Waals surface area contributed by atoms with Gasteiger partial charge in [0.2, 0.25) is 0 Å². The lowest BCUT2D eigenvalue weighted by molar-refractivity contribution is -0.137. The summed E-state index contributed by atoms with van der Waals surface area (Å²) in [6.07, 6.45) is 1.51. The first-order valence-corrected chi connectivity index (χ1v) is 5.36. The molecule has 0 fully saturated rings. The second-order valence-corrected chi connectivity index (χ2v) is 4.07. The van der Waals surface area contributed by atoms with Crippen LogP contribution in [-0.2, 0) is 4.79 Å². The summed E-state index contributed by atoms with van der Waals surface area (Å²) in [4.78, 5) is 27.2. The average molecular weight is 243 g/mol. The number of hydrogen-bond acceptors (Lipinski definition) is 3. The van der Waals surface area contributed by atoms with Crippen LogP contribution in [0.4, 0.5) is 4.79 Å². The molecule has 0 aromatic heterocycles. The van der Waals surface area contributed by atoms with Gasteiger partial charge in [0, 0.05) is 26.7 Å². The van der Waals surface area contributed by atoms with Gasteiger partial charge in [-0.3, -0.25) is 4.79 Å². The molecule has 0 radical (unpaired) electrons. The molecule has 6 nitrogen and oxygen atoms in total. The maximum Gasteiger partial charge on any atom is 0.323 e. The summed E-state index contributed by atoms with van der Waals surface area (Å²) in [5.41, 5.74) is 0. The van der Waals surface area contributed by atoms with Crippen molar-refractivity contribution in [2.75, 3.05) is 47.3 Å². The van der Waals surface area contributed by atoms with Crippen LogP contribution in [0.15, 0.2) is 12.7 Å². The van der Waals surface area contributed by atoms with Crippen LogP contribution >= 0.6 is 0 Å². The Kier molecular flexibility index (Phi) is 6.97. The number of carbonyl (C=O) groups excluding carboxylic acids is 1. The summed E-state index contributed by atoms with van der Waals surface area (Å²) >= 11 is 0. The molecule has 0 atom stereocenters. The monoisotopic (exact) mass is 243 g/mol. The fourth-order valence-corrected chi connectivity index (χ4v) is 1.22. The predicted octanol–water partition coefficient (Wildman–Crippen LogP) is 0.172. The third-order valence-electron chi connectivity index (χ3n) is 2.16. The van der Waals surface area contributed by atoms with Crippen molar-refractivity contribution in [3.05, 3.63) is 12.7 Å². The zero-order valence-electron chi connectivity index (χ0n) is 10.7. The minimum absolute atomic E-state index is 0.234. The number of amides is 2. The summed E-state index contributed by atoms with van der Waals surface area (Å²) in [5, 5.41) is 8.70.